The number of nitrogen functional groups attached to an aromatic ring is 2. The lowest BCUT2D eigenvalue weighted by molar-refractivity contribution is -0.348. The second-order valence-corrected chi connectivity index (χ2v) is 8.21. The Balaban J connectivity index is 0.000000423. The zero-order valence-corrected chi connectivity index (χ0v) is 20.0. The van der Waals surface area contributed by atoms with Crippen molar-refractivity contribution >= 4 is 28.9 Å². The monoisotopic (exact) mass is 544 g/mol. The van der Waals surface area contributed by atoms with Gasteiger partial charge in [-0.3, -0.25) is 9.59 Å². The zero-order valence-electron chi connectivity index (χ0n) is 20.0. The Morgan fingerprint density at radius 2 is 1.13 bits per heavy atom. The van der Waals surface area contributed by atoms with E-state index in [0.29, 0.717) is 23.4 Å². The van der Waals surface area contributed by atoms with Crippen LogP contribution in [-0.4, -0.2) is 24.2 Å². The second kappa shape index (κ2) is 11.0. The third kappa shape index (κ3) is 6.52. The van der Waals surface area contributed by atoms with Crippen molar-refractivity contribution in [2.75, 3.05) is 16.8 Å². The SMILES string of the molecule is Cc1cc(C(F)(C(F)(F)F)C(F)(F)F)cc(C)c1NC(=O)c1cccc(N)c1.NC(=O)c1cccc(N)c1. The Labute approximate surface area is 212 Å². The van der Waals surface area contributed by atoms with E-state index in [-0.39, 0.29) is 28.1 Å². The van der Waals surface area contributed by atoms with Gasteiger partial charge in [-0.15, -0.1) is 0 Å². The molecule has 7 N–H and O–H groups in total. The van der Waals surface area contributed by atoms with Crippen LogP contribution in [0.1, 0.15) is 37.4 Å². The van der Waals surface area contributed by atoms with E-state index in [0.717, 1.165) is 0 Å². The molecule has 13 heteroatoms. The number of amides is 2. The summed E-state index contributed by atoms with van der Waals surface area (Å²) < 4.78 is 91.9. The maximum absolute atomic E-state index is 14.3. The quantitative estimate of drug-likeness (QED) is 0.245. The van der Waals surface area contributed by atoms with Gasteiger partial charge >= 0.3 is 18.0 Å². The second-order valence-electron chi connectivity index (χ2n) is 8.21. The predicted molar refractivity (Wildman–Crippen MR) is 129 cm³/mol. The molecule has 3 aromatic rings. The van der Waals surface area contributed by atoms with Crippen LogP contribution < -0.4 is 22.5 Å². The first-order valence-corrected chi connectivity index (χ1v) is 10.6. The van der Waals surface area contributed by atoms with Gasteiger partial charge in [0.2, 0.25) is 5.91 Å². The highest BCUT2D eigenvalue weighted by Crippen LogP contribution is 2.53. The van der Waals surface area contributed by atoms with E-state index in [1.165, 1.54) is 38.1 Å². The molecule has 0 atom stereocenters. The molecule has 0 aliphatic heterocycles. The number of alkyl halides is 7. The van der Waals surface area contributed by atoms with Crippen LogP contribution in [0.2, 0.25) is 0 Å². The lowest BCUT2D eigenvalue weighted by Gasteiger charge is -2.31. The molecule has 0 aliphatic rings. The number of hydrogen-bond donors (Lipinski definition) is 4. The molecule has 0 spiro atoms. The van der Waals surface area contributed by atoms with Crippen LogP contribution in [-0.2, 0) is 5.67 Å². The topological polar surface area (TPSA) is 124 Å². The van der Waals surface area contributed by atoms with Crippen molar-refractivity contribution in [2.45, 2.75) is 31.9 Å². The van der Waals surface area contributed by atoms with Gasteiger partial charge in [-0.05, 0) is 61.4 Å². The zero-order chi connectivity index (χ0) is 29.1. The van der Waals surface area contributed by atoms with Crippen LogP contribution in [0.4, 0.5) is 47.8 Å². The highest BCUT2D eigenvalue weighted by Gasteiger charge is 2.73. The number of anilines is 3. The average molecular weight is 544 g/mol. The van der Waals surface area contributed by atoms with Gasteiger partial charge in [-0.25, -0.2) is 4.39 Å². The number of nitrogens with two attached hydrogens (primary N) is 3. The molecule has 0 aliphatic carbocycles. The van der Waals surface area contributed by atoms with Gasteiger partial charge in [0.1, 0.15) is 0 Å². The molecule has 0 unspecified atom stereocenters. The number of carbonyl (C=O) groups is 2. The molecule has 0 radical (unpaired) electrons. The summed E-state index contributed by atoms with van der Waals surface area (Å²) in [4.78, 5) is 22.8. The van der Waals surface area contributed by atoms with Crippen molar-refractivity contribution in [3.8, 4) is 0 Å². The largest absolute Gasteiger partial charge is 0.435 e. The first-order valence-electron chi connectivity index (χ1n) is 10.6. The number of benzene rings is 3. The van der Waals surface area contributed by atoms with Gasteiger partial charge in [0.05, 0.1) is 0 Å². The molecule has 204 valence electrons. The standard InChI is InChI=1S/C18H15F7N2O.C7H8N2O/c1-9-6-12(16(19,17(20,21)22)18(23,24)25)7-10(2)14(9)27-15(28)11-4-3-5-13(26)8-11;8-6-3-1-2-5(4-6)7(9)10/h3-8H,26H2,1-2H3,(H,27,28);1-4H,8H2,(H2,9,10). The number of hydrogen-bond acceptors (Lipinski definition) is 4. The number of carbonyl (C=O) groups excluding carboxylic acids is 2. The van der Waals surface area contributed by atoms with Gasteiger partial charge < -0.3 is 22.5 Å². The van der Waals surface area contributed by atoms with Crippen molar-refractivity contribution in [2.24, 2.45) is 5.73 Å². The summed E-state index contributed by atoms with van der Waals surface area (Å²) in [5.41, 5.74) is 9.86. The van der Waals surface area contributed by atoms with Gasteiger partial charge in [0.25, 0.3) is 5.91 Å². The van der Waals surface area contributed by atoms with E-state index in [4.69, 9.17) is 17.2 Å². The van der Waals surface area contributed by atoms with Crippen LogP contribution in [0.15, 0.2) is 60.7 Å². The molecule has 0 saturated heterocycles. The highest BCUT2D eigenvalue weighted by atomic mass is 19.4. The van der Waals surface area contributed by atoms with E-state index < -0.39 is 35.4 Å². The summed E-state index contributed by atoms with van der Waals surface area (Å²) in [6.45, 7) is 2.33. The van der Waals surface area contributed by atoms with E-state index >= 15 is 0 Å². The van der Waals surface area contributed by atoms with Crippen LogP contribution >= 0.6 is 0 Å². The fourth-order valence-corrected chi connectivity index (χ4v) is 3.41. The summed E-state index contributed by atoms with van der Waals surface area (Å²) in [6.07, 6.45) is -12.4. The van der Waals surface area contributed by atoms with Crippen LogP contribution in [0.3, 0.4) is 0 Å². The third-order valence-corrected chi connectivity index (χ3v) is 5.27. The summed E-state index contributed by atoms with van der Waals surface area (Å²) >= 11 is 0. The van der Waals surface area contributed by atoms with Crippen LogP contribution in [0.25, 0.3) is 0 Å². The molecule has 0 aromatic heterocycles. The molecular weight excluding hydrogens is 521 g/mol. The molecular formula is C25H23F7N4O2. The molecule has 0 saturated carbocycles. The fraction of sp³-hybridized carbons (Fsp3) is 0.200. The van der Waals surface area contributed by atoms with Crippen LogP contribution in [0.5, 0.6) is 0 Å². The van der Waals surface area contributed by atoms with Crippen molar-refractivity contribution < 1.29 is 40.3 Å². The molecule has 0 bridgehead atoms. The average Bonchev–Trinajstić information content (AvgIpc) is 2.79. The Morgan fingerprint density at radius 3 is 1.50 bits per heavy atom. The smallest absolute Gasteiger partial charge is 0.399 e. The maximum atomic E-state index is 14.3. The number of rotatable bonds is 4. The van der Waals surface area contributed by atoms with E-state index in [2.05, 4.69) is 5.32 Å². The van der Waals surface area contributed by atoms with Crippen molar-refractivity contribution in [1.29, 1.82) is 0 Å². The highest BCUT2D eigenvalue weighted by molar-refractivity contribution is 6.05. The van der Waals surface area contributed by atoms with Gasteiger partial charge in [-0.2, -0.15) is 26.3 Å². The molecule has 3 rings (SSSR count). The normalized spacial score (nSPS) is 11.8. The van der Waals surface area contributed by atoms with Crippen molar-refractivity contribution in [3.05, 3.63) is 88.5 Å². The fourth-order valence-electron chi connectivity index (χ4n) is 3.41. The minimum absolute atomic E-state index is 0.0251. The Morgan fingerprint density at radius 1 is 0.711 bits per heavy atom. The number of primary amides is 1. The third-order valence-electron chi connectivity index (χ3n) is 5.27. The summed E-state index contributed by atoms with van der Waals surface area (Å²) in [5, 5.41) is 2.40. The van der Waals surface area contributed by atoms with E-state index in [9.17, 15) is 40.3 Å². The predicted octanol–water partition coefficient (Wildman–Crippen LogP) is 5.80. The van der Waals surface area contributed by atoms with Crippen molar-refractivity contribution in [3.63, 3.8) is 0 Å². The van der Waals surface area contributed by atoms with Gasteiger partial charge in [0.15, 0.2) is 0 Å². The maximum Gasteiger partial charge on any atom is 0.435 e. The Kier molecular flexibility index (Phi) is 8.66. The Hall–Kier alpha value is -4.29. The molecule has 0 fully saturated rings. The lowest BCUT2D eigenvalue weighted by atomic mass is 9.90. The lowest BCUT2D eigenvalue weighted by Crippen LogP contribution is -2.50. The summed E-state index contributed by atoms with van der Waals surface area (Å²) in [7, 11) is 0. The Bertz CT molecular complexity index is 1300. The molecule has 2 amide bonds. The number of nitrogens with one attached hydrogen (secondary N) is 1. The summed E-state index contributed by atoms with van der Waals surface area (Å²) in [6, 6.07) is 13.2. The van der Waals surface area contributed by atoms with Gasteiger partial charge in [-0.1, -0.05) is 24.3 Å². The van der Waals surface area contributed by atoms with E-state index in [1.807, 2.05) is 0 Å². The van der Waals surface area contributed by atoms with Crippen molar-refractivity contribution in [1.82, 2.24) is 0 Å². The number of halogens is 7. The molecule has 38 heavy (non-hydrogen) atoms. The van der Waals surface area contributed by atoms with E-state index in [1.54, 1.807) is 24.3 Å². The van der Waals surface area contributed by atoms with Crippen LogP contribution in [0, 0.1) is 13.8 Å². The molecule has 6 nitrogen and oxygen atoms in total. The first kappa shape index (κ1) is 29.9. The van der Waals surface area contributed by atoms with Gasteiger partial charge in [0, 0.05) is 33.8 Å². The first-order chi connectivity index (χ1) is 17.4. The minimum Gasteiger partial charge on any atom is -0.399 e. The molecule has 3 aromatic carbocycles. The number of aryl methyl sites for hydroxylation is 2. The minimum atomic E-state index is -6.21. The summed E-state index contributed by atoms with van der Waals surface area (Å²) in [5.74, 6) is -1.13. The molecule has 0 heterocycles.